The fraction of sp³-hybridized carbons (Fsp3) is 0.353. The zero-order valence-corrected chi connectivity index (χ0v) is 16.7. The molecule has 1 aliphatic carbocycles. The number of benzene rings is 1. The van der Waals surface area contributed by atoms with Crippen LogP contribution in [0.5, 0.6) is 0 Å². The van der Waals surface area contributed by atoms with E-state index in [1.54, 1.807) is 31.2 Å². The summed E-state index contributed by atoms with van der Waals surface area (Å²) in [6, 6.07) is 6.57. The summed E-state index contributed by atoms with van der Waals surface area (Å²) in [6.45, 7) is 2.07. The van der Waals surface area contributed by atoms with Gasteiger partial charge in [-0.05, 0) is 38.0 Å². The first-order valence-electron chi connectivity index (χ1n) is 8.64. The van der Waals surface area contributed by atoms with Crippen molar-refractivity contribution < 1.29 is 19.1 Å². The summed E-state index contributed by atoms with van der Waals surface area (Å²) >= 11 is 2.36. The van der Waals surface area contributed by atoms with Crippen molar-refractivity contribution in [3.63, 3.8) is 0 Å². The minimum atomic E-state index is -0.371. The van der Waals surface area contributed by atoms with Crippen molar-refractivity contribution in [2.45, 2.75) is 30.1 Å². The van der Waals surface area contributed by atoms with E-state index in [0.717, 1.165) is 12.8 Å². The summed E-state index contributed by atoms with van der Waals surface area (Å²) < 4.78 is 5.40. The summed E-state index contributed by atoms with van der Waals surface area (Å²) in [5.41, 5.74) is 0.897. The van der Waals surface area contributed by atoms with Crippen LogP contribution in [0.4, 0.5) is 15.6 Å². The lowest BCUT2D eigenvalue weighted by atomic mass is 10.2. The molecule has 1 heterocycles. The predicted octanol–water partition coefficient (Wildman–Crippen LogP) is 2.73. The van der Waals surface area contributed by atoms with Crippen LogP contribution in [-0.2, 0) is 9.53 Å². The largest absolute Gasteiger partial charge is 0.465 e. The number of amides is 3. The molecule has 0 saturated heterocycles. The average molecular weight is 422 g/mol. The van der Waals surface area contributed by atoms with E-state index in [-0.39, 0.29) is 29.7 Å². The molecule has 0 atom stereocenters. The Labute approximate surface area is 169 Å². The van der Waals surface area contributed by atoms with Crippen LogP contribution in [0.25, 0.3) is 0 Å². The Balaban J connectivity index is 1.53. The molecule has 0 spiro atoms. The van der Waals surface area contributed by atoms with Crippen molar-refractivity contribution in [1.29, 1.82) is 0 Å². The van der Waals surface area contributed by atoms with E-state index in [1.807, 2.05) is 0 Å². The number of anilines is 2. The molecule has 1 aromatic heterocycles. The first kappa shape index (κ1) is 20.1. The number of ether oxygens (including phenoxy) is 1. The van der Waals surface area contributed by atoms with Gasteiger partial charge in [-0.1, -0.05) is 29.2 Å². The van der Waals surface area contributed by atoms with Crippen LogP contribution < -0.4 is 16.0 Å². The number of nitrogens with one attached hydrogen (secondary N) is 3. The van der Waals surface area contributed by atoms with Crippen molar-refractivity contribution in [2.75, 3.05) is 23.0 Å². The zero-order chi connectivity index (χ0) is 19.9. The molecule has 3 N–H and O–H groups in total. The van der Waals surface area contributed by atoms with Gasteiger partial charge in [0.25, 0.3) is 5.91 Å². The molecule has 1 aliphatic rings. The van der Waals surface area contributed by atoms with E-state index in [9.17, 15) is 14.4 Å². The van der Waals surface area contributed by atoms with Crippen molar-refractivity contribution in [2.24, 2.45) is 0 Å². The molecule has 11 heteroatoms. The standard InChI is InChI=1S/C17H19N5O4S2/c1-2-26-13(23)9-27-17-22-21-16(28-17)20-14(24)10-4-3-5-12(8-10)19-15(25)18-11-6-7-11/h3-5,8,11H,2,6-7,9H2,1H3,(H2,18,19,25)(H,20,21,24). The Kier molecular flexibility index (Phi) is 6.82. The van der Waals surface area contributed by atoms with Crippen LogP contribution in [0.1, 0.15) is 30.1 Å². The quantitative estimate of drug-likeness (QED) is 0.340. The maximum absolute atomic E-state index is 12.4. The molecule has 0 unspecified atom stereocenters. The topological polar surface area (TPSA) is 122 Å². The molecule has 9 nitrogen and oxygen atoms in total. The van der Waals surface area contributed by atoms with Crippen molar-refractivity contribution >= 4 is 51.8 Å². The van der Waals surface area contributed by atoms with Gasteiger partial charge in [-0.2, -0.15) is 0 Å². The Morgan fingerprint density at radius 3 is 2.82 bits per heavy atom. The molecule has 0 bridgehead atoms. The first-order valence-corrected chi connectivity index (χ1v) is 10.4. The molecule has 3 amide bonds. The van der Waals surface area contributed by atoms with Crippen molar-refractivity contribution in [1.82, 2.24) is 15.5 Å². The van der Waals surface area contributed by atoms with E-state index in [0.29, 0.717) is 27.3 Å². The smallest absolute Gasteiger partial charge is 0.319 e. The fourth-order valence-corrected chi connectivity index (χ4v) is 3.67. The number of urea groups is 1. The highest BCUT2D eigenvalue weighted by Crippen LogP contribution is 2.26. The molecular weight excluding hydrogens is 402 g/mol. The number of thioether (sulfide) groups is 1. The third-order valence-corrected chi connectivity index (χ3v) is 5.49. The minimum absolute atomic E-state index is 0.132. The number of carbonyl (C=O) groups is 3. The molecule has 28 heavy (non-hydrogen) atoms. The van der Waals surface area contributed by atoms with E-state index < -0.39 is 0 Å². The second kappa shape index (κ2) is 9.51. The lowest BCUT2D eigenvalue weighted by Crippen LogP contribution is -2.30. The lowest BCUT2D eigenvalue weighted by Gasteiger charge is -2.08. The molecule has 1 fully saturated rings. The maximum Gasteiger partial charge on any atom is 0.319 e. The number of rotatable bonds is 8. The lowest BCUT2D eigenvalue weighted by molar-refractivity contribution is -0.139. The number of hydrogen-bond acceptors (Lipinski definition) is 8. The number of carbonyl (C=O) groups excluding carboxylic acids is 3. The molecule has 1 saturated carbocycles. The van der Waals surface area contributed by atoms with Crippen LogP contribution in [0, 0.1) is 0 Å². The van der Waals surface area contributed by atoms with Gasteiger partial charge in [-0.15, -0.1) is 10.2 Å². The minimum Gasteiger partial charge on any atom is -0.465 e. The Morgan fingerprint density at radius 2 is 2.07 bits per heavy atom. The van der Waals surface area contributed by atoms with Crippen LogP contribution in [0.3, 0.4) is 0 Å². The fourth-order valence-electron chi connectivity index (χ4n) is 2.13. The normalized spacial score (nSPS) is 12.9. The van der Waals surface area contributed by atoms with Gasteiger partial charge in [-0.25, -0.2) is 4.79 Å². The van der Waals surface area contributed by atoms with Crippen LogP contribution in [0.15, 0.2) is 28.6 Å². The number of nitrogens with zero attached hydrogens (tertiary/aromatic N) is 2. The molecule has 0 radical (unpaired) electrons. The first-order chi connectivity index (χ1) is 13.5. The second-order valence-corrected chi connectivity index (χ2v) is 8.07. The monoisotopic (exact) mass is 421 g/mol. The summed E-state index contributed by atoms with van der Waals surface area (Å²) in [6.07, 6.45) is 2.00. The summed E-state index contributed by atoms with van der Waals surface area (Å²) in [7, 11) is 0. The molecule has 1 aromatic carbocycles. The highest BCUT2D eigenvalue weighted by Gasteiger charge is 2.23. The SMILES string of the molecule is CCOC(=O)CSc1nnc(NC(=O)c2cccc(NC(=O)NC3CC3)c2)s1. The summed E-state index contributed by atoms with van der Waals surface area (Å²) in [5, 5.41) is 16.3. The summed E-state index contributed by atoms with van der Waals surface area (Å²) in [4.78, 5) is 35.6. The molecule has 3 rings (SSSR count). The highest BCUT2D eigenvalue weighted by molar-refractivity contribution is 8.01. The van der Waals surface area contributed by atoms with Gasteiger partial charge in [0.15, 0.2) is 4.34 Å². The van der Waals surface area contributed by atoms with E-state index in [4.69, 9.17) is 4.74 Å². The van der Waals surface area contributed by atoms with Gasteiger partial charge in [0.2, 0.25) is 5.13 Å². The van der Waals surface area contributed by atoms with E-state index in [2.05, 4.69) is 26.1 Å². The van der Waals surface area contributed by atoms with Gasteiger partial charge < -0.3 is 15.4 Å². The third-order valence-electron chi connectivity index (χ3n) is 3.54. The van der Waals surface area contributed by atoms with Gasteiger partial charge in [-0.3, -0.25) is 14.9 Å². The number of esters is 1. The predicted molar refractivity (Wildman–Crippen MR) is 107 cm³/mol. The van der Waals surface area contributed by atoms with E-state index in [1.165, 1.54) is 23.1 Å². The third kappa shape index (κ3) is 6.20. The summed E-state index contributed by atoms with van der Waals surface area (Å²) in [5.74, 6) is -0.569. The Hall–Kier alpha value is -2.66. The Morgan fingerprint density at radius 1 is 1.25 bits per heavy atom. The molecule has 148 valence electrons. The van der Waals surface area contributed by atoms with Crippen LogP contribution in [-0.4, -0.2) is 46.5 Å². The Bertz CT molecular complexity index is 869. The zero-order valence-electron chi connectivity index (χ0n) is 15.1. The van der Waals surface area contributed by atoms with Gasteiger partial charge in [0, 0.05) is 17.3 Å². The van der Waals surface area contributed by atoms with Crippen molar-refractivity contribution in [3.05, 3.63) is 29.8 Å². The van der Waals surface area contributed by atoms with Crippen LogP contribution in [0.2, 0.25) is 0 Å². The van der Waals surface area contributed by atoms with Crippen molar-refractivity contribution in [3.8, 4) is 0 Å². The van der Waals surface area contributed by atoms with Gasteiger partial charge in [0.1, 0.15) is 0 Å². The number of hydrogen-bond donors (Lipinski definition) is 3. The van der Waals surface area contributed by atoms with Gasteiger partial charge >= 0.3 is 12.0 Å². The van der Waals surface area contributed by atoms with Crippen LogP contribution >= 0.6 is 23.1 Å². The van der Waals surface area contributed by atoms with Gasteiger partial charge in [0.05, 0.1) is 12.4 Å². The average Bonchev–Trinajstić information content (AvgIpc) is 3.36. The number of aromatic nitrogens is 2. The molecular formula is C17H19N5O4S2. The molecule has 2 aromatic rings. The maximum atomic E-state index is 12.4. The second-order valence-electron chi connectivity index (χ2n) is 5.87. The highest BCUT2D eigenvalue weighted by atomic mass is 32.2. The van der Waals surface area contributed by atoms with E-state index >= 15 is 0 Å². The molecule has 0 aliphatic heterocycles.